The largest absolute Gasteiger partial charge is 0.415 e. The molecule has 0 aromatic rings. The molecule has 0 aromatic carbocycles. The van der Waals surface area contributed by atoms with Crippen molar-refractivity contribution >= 4 is 26.4 Å². The first kappa shape index (κ1) is 14.8. The molecule has 0 aromatic heterocycles. The van der Waals surface area contributed by atoms with Crippen molar-refractivity contribution in [1.82, 2.24) is 10.7 Å². The van der Waals surface area contributed by atoms with E-state index < -0.39 is 9.04 Å². The maximum absolute atomic E-state index is 5.96. The molecule has 0 rings (SSSR count). The molecule has 90 valence electrons. The number of hydrazine groups is 1. The van der Waals surface area contributed by atoms with Gasteiger partial charge < -0.3 is 15.2 Å². The van der Waals surface area contributed by atoms with E-state index in [1.54, 1.807) is 0 Å². The lowest BCUT2D eigenvalue weighted by Gasteiger charge is -2.33. The Labute approximate surface area is 99.6 Å². The third-order valence-electron chi connectivity index (χ3n) is 1.98. The summed E-state index contributed by atoms with van der Waals surface area (Å²) in [5, 5.41) is 3.49. The number of rotatable bonds is 4. The van der Waals surface area contributed by atoms with Crippen molar-refractivity contribution in [2.45, 2.75) is 40.0 Å². The van der Waals surface area contributed by atoms with E-state index >= 15 is 0 Å². The molecular weight excluding hydrogens is 226 g/mol. The average Bonchev–Trinajstić information content (AvgIpc) is 2.09. The van der Waals surface area contributed by atoms with Crippen LogP contribution in [-0.4, -0.2) is 26.8 Å². The summed E-state index contributed by atoms with van der Waals surface area (Å²) in [6, 6.07) is 0. The summed E-state index contributed by atoms with van der Waals surface area (Å²) in [5.41, 5.74) is 2.51. The summed E-state index contributed by atoms with van der Waals surface area (Å²) in [4.78, 5) is 0. The second-order valence-electron chi connectivity index (χ2n) is 4.89. The van der Waals surface area contributed by atoms with Gasteiger partial charge in [-0.3, -0.25) is 0 Å². The predicted molar refractivity (Wildman–Crippen MR) is 71.1 cm³/mol. The fourth-order valence-corrected chi connectivity index (χ4v) is 2.37. The lowest BCUT2D eigenvalue weighted by atomic mass is 9.89. The molecule has 0 heterocycles. The molecule has 6 heteroatoms. The fraction of sp³-hybridized carbons (Fsp3) is 0.889. The van der Waals surface area contributed by atoms with Crippen LogP contribution < -0.4 is 16.6 Å². The first-order chi connectivity index (χ1) is 6.77. The second-order valence-corrected chi connectivity index (χ2v) is 7.67. The Morgan fingerprint density at radius 3 is 2.33 bits per heavy atom. The van der Waals surface area contributed by atoms with E-state index in [2.05, 4.69) is 44.6 Å². The molecule has 4 N–H and O–H groups in total. The van der Waals surface area contributed by atoms with Crippen molar-refractivity contribution in [2.75, 3.05) is 6.54 Å². The van der Waals surface area contributed by atoms with Gasteiger partial charge in [-0.15, -0.1) is 0 Å². The van der Waals surface area contributed by atoms with E-state index in [-0.39, 0.29) is 11.5 Å². The maximum atomic E-state index is 5.96. The maximum Gasteiger partial charge on any atom is 0.180 e. The van der Waals surface area contributed by atoms with Crippen LogP contribution >= 0.6 is 12.2 Å². The molecule has 0 spiro atoms. The average molecular weight is 249 g/mol. The standard InChI is InChI=1S/C9H23N3OSSi/c1-9(2,3)7(13-15(4)5)6-11-8(14)12-10/h7,15H,6,10H2,1-5H3,(H2,11,12,14). The zero-order chi connectivity index (χ0) is 12.1. The lowest BCUT2D eigenvalue weighted by molar-refractivity contribution is 0.0900. The molecule has 1 unspecified atom stereocenters. The lowest BCUT2D eigenvalue weighted by Crippen LogP contribution is -2.47. The Bertz CT molecular complexity index is 206. The molecule has 1 atom stereocenters. The van der Waals surface area contributed by atoms with E-state index in [0.717, 1.165) is 0 Å². The number of nitrogens with two attached hydrogens (primary N) is 1. The number of nitrogens with one attached hydrogen (secondary N) is 2. The molecule has 4 nitrogen and oxygen atoms in total. The highest BCUT2D eigenvalue weighted by Gasteiger charge is 2.26. The zero-order valence-corrected chi connectivity index (χ0v) is 12.2. The Kier molecular flexibility index (Phi) is 6.34. The molecule has 0 aliphatic rings. The predicted octanol–water partition coefficient (Wildman–Crippen LogP) is 0.739. The first-order valence-corrected chi connectivity index (χ1v) is 8.36. The van der Waals surface area contributed by atoms with E-state index in [1.165, 1.54) is 0 Å². The van der Waals surface area contributed by atoms with Gasteiger partial charge in [0.2, 0.25) is 0 Å². The smallest absolute Gasteiger partial charge is 0.180 e. The van der Waals surface area contributed by atoms with E-state index in [4.69, 9.17) is 22.5 Å². The molecule has 0 saturated heterocycles. The molecule has 15 heavy (non-hydrogen) atoms. The van der Waals surface area contributed by atoms with Crippen LogP contribution in [0.3, 0.4) is 0 Å². The van der Waals surface area contributed by atoms with Gasteiger partial charge in [0.25, 0.3) is 0 Å². The van der Waals surface area contributed by atoms with Gasteiger partial charge in [0.05, 0.1) is 6.10 Å². The van der Waals surface area contributed by atoms with Gasteiger partial charge in [-0.05, 0) is 30.7 Å². The highest BCUT2D eigenvalue weighted by Crippen LogP contribution is 2.22. The van der Waals surface area contributed by atoms with Gasteiger partial charge in [-0.1, -0.05) is 20.8 Å². The number of hydrogen-bond donors (Lipinski definition) is 3. The molecule has 0 bridgehead atoms. The summed E-state index contributed by atoms with van der Waals surface area (Å²) in [5.74, 6) is 5.18. The monoisotopic (exact) mass is 249 g/mol. The molecular formula is C9H23N3OSSi. The van der Waals surface area contributed by atoms with Crippen molar-refractivity contribution in [1.29, 1.82) is 0 Å². The third-order valence-corrected chi connectivity index (χ3v) is 3.12. The summed E-state index contributed by atoms with van der Waals surface area (Å²) < 4.78 is 5.96. The topological polar surface area (TPSA) is 59.3 Å². The van der Waals surface area contributed by atoms with Crippen LogP contribution in [0.1, 0.15) is 20.8 Å². The van der Waals surface area contributed by atoms with Crippen LogP contribution in [-0.2, 0) is 4.43 Å². The van der Waals surface area contributed by atoms with Crippen molar-refractivity contribution in [3.63, 3.8) is 0 Å². The van der Waals surface area contributed by atoms with Crippen LogP contribution in [0.4, 0.5) is 0 Å². The quantitative estimate of drug-likeness (QED) is 0.297. The van der Waals surface area contributed by atoms with Gasteiger partial charge in [0.1, 0.15) is 0 Å². The van der Waals surface area contributed by atoms with Crippen LogP contribution in [0.2, 0.25) is 13.1 Å². The fourth-order valence-electron chi connectivity index (χ4n) is 1.12. The number of hydrogen-bond acceptors (Lipinski definition) is 3. The van der Waals surface area contributed by atoms with Crippen molar-refractivity contribution in [3.8, 4) is 0 Å². The Balaban J connectivity index is 4.20. The van der Waals surface area contributed by atoms with Crippen molar-refractivity contribution in [2.24, 2.45) is 11.3 Å². The Hall–Kier alpha value is -0.173. The van der Waals surface area contributed by atoms with Crippen molar-refractivity contribution < 1.29 is 4.43 Å². The minimum atomic E-state index is -1.03. The van der Waals surface area contributed by atoms with Crippen LogP contribution in [0.25, 0.3) is 0 Å². The minimum absolute atomic E-state index is 0.106. The molecule has 0 saturated carbocycles. The summed E-state index contributed by atoms with van der Waals surface area (Å²) in [7, 11) is -1.03. The Morgan fingerprint density at radius 2 is 2.00 bits per heavy atom. The molecule has 0 aliphatic carbocycles. The summed E-state index contributed by atoms with van der Waals surface area (Å²) in [6.45, 7) is 11.5. The third kappa shape index (κ3) is 6.83. The van der Waals surface area contributed by atoms with Crippen LogP contribution in [0, 0.1) is 5.41 Å². The highest BCUT2D eigenvalue weighted by molar-refractivity contribution is 7.80. The zero-order valence-electron chi connectivity index (χ0n) is 10.3. The summed E-state index contributed by atoms with van der Waals surface area (Å²) >= 11 is 4.92. The number of thiocarbonyl (C=S) groups is 1. The van der Waals surface area contributed by atoms with Gasteiger partial charge in [-0.25, -0.2) is 5.84 Å². The van der Waals surface area contributed by atoms with Crippen LogP contribution in [0.15, 0.2) is 0 Å². The highest BCUT2D eigenvalue weighted by atomic mass is 32.1. The molecule has 0 fully saturated rings. The van der Waals surface area contributed by atoms with Gasteiger partial charge in [0.15, 0.2) is 14.2 Å². The van der Waals surface area contributed by atoms with E-state index in [9.17, 15) is 0 Å². The van der Waals surface area contributed by atoms with E-state index in [1.807, 2.05) is 0 Å². The SMILES string of the molecule is C[SiH](C)OC(CNC(=S)NN)C(C)(C)C. The summed E-state index contributed by atoms with van der Waals surface area (Å²) in [6.07, 6.45) is 0.162. The second kappa shape index (κ2) is 6.42. The Morgan fingerprint density at radius 1 is 1.47 bits per heavy atom. The van der Waals surface area contributed by atoms with Gasteiger partial charge in [-0.2, -0.15) is 0 Å². The minimum Gasteiger partial charge on any atom is -0.415 e. The first-order valence-electron chi connectivity index (χ1n) is 5.17. The molecule has 0 radical (unpaired) electrons. The van der Waals surface area contributed by atoms with Gasteiger partial charge >= 0.3 is 0 Å². The van der Waals surface area contributed by atoms with Gasteiger partial charge in [0, 0.05) is 6.54 Å². The molecule has 0 amide bonds. The normalized spacial score (nSPS) is 13.8. The molecule has 0 aliphatic heterocycles. The van der Waals surface area contributed by atoms with E-state index in [0.29, 0.717) is 11.7 Å². The van der Waals surface area contributed by atoms with Crippen molar-refractivity contribution in [3.05, 3.63) is 0 Å². The van der Waals surface area contributed by atoms with Crippen LogP contribution in [0.5, 0.6) is 0 Å².